The van der Waals surface area contributed by atoms with Crippen LogP contribution in [-0.4, -0.2) is 5.11 Å². The van der Waals surface area contributed by atoms with E-state index in [2.05, 4.69) is 15.9 Å². The Hall–Kier alpha value is -0.610. The monoisotopic (exact) mass is 247 g/mol. The second-order valence-corrected chi connectivity index (χ2v) is 4.27. The molecule has 0 atom stereocenters. The zero-order chi connectivity index (χ0) is 10.2. The van der Waals surface area contributed by atoms with Crippen LogP contribution in [0.25, 0.3) is 0 Å². The molecule has 0 bridgehead atoms. The number of halogens is 2. The van der Waals surface area contributed by atoms with Crippen LogP contribution in [0.4, 0.5) is 10.1 Å². The van der Waals surface area contributed by atoms with Gasteiger partial charge in [0, 0.05) is 11.3 Å². The van der Waals surface area contributed by atoms with E-state index in [-0.39, 0.29) is 5.69 Å². The fourth-order valence-electron chi connectivity index (χ4n) is 1.09. The van der Waals surface area contributed by atoms with Gasteiger partial charge < -0.3 is 10.8 Å². The number of anilines is 1. The molecule has 0 aromatic heterocycles. The summed E-state index contributed by atoms with van der Waals surface area (Å²) in [6.07, 6.45) is 0. The molecule has 0 amide bonds. The summed E-state index contributed by atoms with van der Waals surface area (Å²) >= 11 is 3.03. The number of rotatable bonds is 1. The average molecular weight is 248 g/mol. The molecule has 0 aliphatic carbocycles. The normalized spacial score (nSPS) is 11.8. The lowest BCUT2D eigenvalue weighted by atomic mass is 9.97. The molecule has 0 aliphatic heterocycles. The zero-order valence-electron chi connectivity index (χ0n) is 7.44. The molecule has 4 heteroatoms. The summed E-state index contributed by atoms with van der Waals surface area (Å²) in [7, 11) is 0. The van der Waals surface area contributed by atoms with Gasteiger partial charge in [-0.25, -0.2) is 4.39 Å². The van der Waals surface area contributed by atoms with E-state index in [1.807, 2.05) is 0 Å². The fraction of sp³-hybridized carbons (Fsp3) is 0.333. The van der Waals surface area contributed by atoms with Gasteiger partial charge in [0.15, 0.2) is 0 Å². The number of hydrogen-bond donors (Lipinski definition) is 2. The quantitative estimate of drug-likeness (QED) is 0.749. The van der Waals surface area contributed by atoms with Crippen molar-refractivity contribution in [2.45, 2.75) is 19.4 Å². The van der Waals surface area contributed by atoms with E-state index < -0.39 is 11.4 Å². The second-order valence-electron chi connectivity index (χ2n) is 3.41. The highest BCUT2D eigenvalue weighted by Crippen LogP contribution is 2.30. The average Bonchev–Trinajstić information content (AvgIpc) is 1.94. The third kappa shape index (κ3) is 2.19. The van der Waals surface area contributed by atoms with Crippen LogP contribution in [0.1, 0.15) is 19.4 Å². The largest absolute Gasteiger partial charge is 0.398 e. The Morgan fingerprint density at radius 3 is 2.46 bits per heavy atom. The summed E-state index contributed by atoms with van der Waals surface area (Å²) in [5, 5.41) is 9.66. The Bertz CT molecular complexity index is 333. The van der Waals surface area contributed by atoms with E-state index in [1.54, 1.807) is 13.8 Å². The van der Waals surface area contributed by atoms with Crippen LogP contribution in [-0.2, 0) is 5.60 Å². The minimum atomic E-state index is -1.06. The molecule has 1 aromatic carbocycles. The van der Waals surface area contributed by atoms with Crippen LogP contribution >= 0.6 is 15.9 Å². The number of aliphatic hydroxyl groups is 1. The molecule has 0 aliphatic rings. The van der Waals surface area contributed by atoms with Gasteiger partial charge in [-0.2, -0.15) is 0 Å². The number of hydrogen-bond acceptors (Lipinski definition) is 2. The lowest BCUT2D eigenvalue weighted by Gasteiger charge is -2.20. The molecule has 0 spiro atoms. The van der Waals surface area contributed by atoms with Gasteiger partial charge in [0.05, 0.1) is 10.1 Å². The first-order valence-electron chi connectivity index (χ1n) is 3.79. The summed E-state index contributed by atoms with van der Waals surface area (Å²) in [6, 6.07) is 2.68. The number of nitrogen functional groups attached to an aromatic ring is 1. The SMILES string of the molecule is CC(C)(O)c1cc(Br)c(F)cc1N. The molecule has 0 radical (unpaired) electrons. The van der Waals surface area contributed by atoms with Gasteiger partial charge in [-0.15, -0.1) is 0 Å². The van der Waals surface area contributed by atoms with Crippen LogP contribution in [0.3, 0.4) is 0 Å². The van der Waals surface area contributed by atoms with Crippen molar-refractivity contribution in [1.82, 2.24) is 0 Å². The van der Waals surface area contributed by atoms with Gasteiger partial charge in [-0.1, -0.05) is 0 Å². The summed E-state index contributed by atoms with van der Waals surface area (Å²) < 4.78 is 13.2. The zero-order valence-corrected chi connectivity index (χ0v) is 9.02. The molecule has 3 N–H and O–H groups in total. The van der Waals surface area contributed by atoms with Gasteiger partial charge in [-0.3, -0.25) is 0 Å². The molecular formula is C9H11BrFNO. The van der Waals surface area contributed by atoms with E-state index >= 15 is 0 Å². The molecule has 1 aromatic rings. The van der Waals surface area contributed by atoms with E-state index in [9.17, 15) is 9.50 Å². The predicted molar refractivity (Wildman–Crippen MR) is 53.8 cm³/mol. The van der Waals surface area contributed by atoms with Gasteiger partial charge in [0.1, 0.15) is 5.82 Å². The van der Waals surface area contributed by atoms with Gasteiger partial charge in [0.2, 0.25) is 0 Å². The molecule has 0 saturated heterocycles. The molecular weight excluding hydrogens is 237 g/mol. The van der Waals surface area contributed by atoms with Crippen molar-refractivity contribution in [2.24, 2.45) is 0 Å². The van der Waals surface area contributed by atoms with Crippen LogP contribution in [0.15, 0.2) is 16.6 Å². The van der Waals surface area contributed by atoms with E-state index in [4.69, 9.17) is 5.73 Å². The van der Waals surface area contributed by atoms with Crippen molar-refractivity contribution in [3.8, 4) is 0 Å². The third-order valence-electron chi connectivity index (χ3n) is 1.75. The van der Waals surface area contributed by atoms with Crippen molar-refractivity contribution in [1.29, 1.82) is 0 Å². The topological polar surface area (TPSA) is 46.2 Å². The second kappa shape index (κ2) is 3.27. The van der Waals surface area contributed by atoms with E-state index in [0.29, 0.717) is 10.0 Å². The molecule has 0 saturated carbocycles. The Morgan fingerprint density at radius 2 is 2.00 bits per heavy atom. The first kappa shape index (κ1) is 10.5. The van der Waals surface area contributed by atoms with Crippen molar-refractivity contribution >= 4 is 21.6 Å². The maximum atomic E-state index is 12.9. The molecule has 72 valence electrons. The standard InChI is InChI=1S/C9H11BrFNO/c1-9(2,13)5-3-6(10)7(11)4-8(5)12/h3-4,13H,12H2,1-2H3. The summed E-state index contributed by atoms with van der Waals surface area (Å²) in [5.74, 6) is -0.425. The minimum absolute atomic E-state index is 0.258. The Kier molecular flexibility index (Phi) is 2.63. The van der Waals surface area contributed by atoms with Crippen molar-refractivity contribution in [3.63, 3.8) is 0 Å². The Balaban J connectivity index is 3.32. The van der Waals surface area contributed by atoms with Crippen molar-refractivity contribution in [2.75, 3.05) is 5.73 Å². The molecule has 0 fully saturated rings. The molecule has 0 unspecified atom stereocenters. The highest BCUT2D eigenvalue weighted by molar-refractivity contribution is 9.10. The van der Waals surface area contributed by atoms with Crippen molar-refractivity contribution < 1.29 is 9.50 Å². The molecule has 0 heterocycles. The summed E-state index contributed by atoms with van der Waals surface area (Å²) in [6.45, 7) is 3.20. The summed E-state index contributed by atoms with van der Waals surface area (Å²) in [5.41, 5.74) is 5.27. The van der Waals surface area contributed by atoms with Crippen LogP contribution < -0.4 is 5.73 Å². The third-order valence-corrected chi connectivity index (χ3v) is 2.36. The lowest BCUT2D eigenvalue weighted by molar-refractivity contribution is 0.0793. The van der Waals surface area contributed by atoms with Gasteiger partial charge in [-0.05, 0) is 41.9 Å². The Labute approximate surface area is 84.7 Å². The highest BCUT2D eigenvalue weighted by atomic mass is 79.9. The first-order valence-corrected chi connectivity index (χ1v) is 4.59. The van der Waals surface area contributed by atoms with E-state index in [1.165, 1.54) is 12.1 Å². The van der Waals surface area contributed by atoms with Gasteiger partial charge in [0.25, 0.3) is 0 Å². The first-order chi connectivity index (χ1) is 5.82. The van der Waals surface area contributed by atoms with Gasteiger partial charge >= 0.3 is 0 Å². The number of benzene rings is 1. The maximum Gasteiger partial charge on any atom is 0.139 e. The minimum Gasteiger partial charge on any atom is -0.398 e. The lowest BCUT2D eigenvalue weighted by Crippen LogP contribution is -2.18. The van der Waals surface area contributed by atoms with Crippen molar-refractivity contribution in [3.05, 3.63) is 28.0 Å². The summed E-state index contributed by atoms with van der Waals surface area (Å²) in [4.78, 5) is 0. The fourth-order valence-corrected chi connectivity index (χ4v) is 1.44. The van der Waals surface area contributed by atoms with Crippen LogP contribution in [0.2, 0.25) is 0 Å². The van der Waals surface area contributed by atoms with Crippen LogP contribution in [0, 0.1) is 5.82 Å². The highest BCUT2D eigenvalue weighted by Gasteiger charge is 2.20. The van der Waals surface area contributed by atoms with E-state index in [0.717, 1.165) is 0 Å². The molecule has 1 rings (SSSR count). The predicted octanol–water partition coefficient (Wildman–Crippen LogP) is 2.40. The maximum absolute atomic E-state index is 12.9. The molecule has 13 heavy (non-hydrogen) atoms. The number of nitrogens with two attached hydrogens (primary N) is 1. The Morgan fingerprint density at radius 1 is 1.46 bits per heavy atom. The smallest absolute Gasteiger partial charge is 0.139 e. The molecule has 2 nitrogen and oxygen atoms in total. The van der Waals surface area contributed by atoms with Crippen LogP contribution in [0.5, 0.6) is 0 Å².